The molecule has 3 heteroatoms. The summed E-state index contributed by atoms with van der Waals surface area (Å²) in [5, 5.41) is 0. The number of nitrogens with zero attached hydrogens (tertiary/aromatic N) is 1. The van der Waals surface area contributed by atoms with Gasteiger partial charge in [0.25, 0.3) is 0 Å². The van der Waals surface area contributed by atoms with Gasteiger partial charge in [0.1, 0.15) is 0 Å². The normalized spacial score (nSPS) is 26.4. The largest absolute Gasteiger partial charge is 0.393 e. The zero-order valence-electron chi connectivity index (χ0n) is 11.8. The molecule has 1 saturated heterocycles. The van der Waals surface area contributed by atoms with Crippen LogP contribution in [0.4, 0.5) is 0 Å². The van der Waals surface area contributed by atoms with Crippen LogP contribution in [0.1, 0.15) is 59.8 Å². The van der Waals surface area contributed by atoms with Gasteiger partial charge in [0.05, 0.1) is 4.99 Å². The number of thiocarbonyl (C=S) groups is 1. The van der Waals surface area contributed by atoms with E-state index in [1.54, 1.807) is 0 Å². The van der Waals surface area contributed by atoms with Crippen molar-refractivity contribution in [3.05, 3.63) is 0 Å². The van der Waals surface area contributed by atoms with Crippen LogP contribution in [0.2, 0.25) is 0 Å². The Balaban J connectivity index is 2.37. The zero-order chi connectivity index (χ0) is 13.1. The number of rotatable bonds is 6. The Morgan fingerprint density at radius 3 is 2.59 bits per heavy atom. The van der Waals surface area contributed by atoms with Gasteiger partial charge in [0.2, 0.25) is 0 Å². The first-order valence-electron chi connectivity index (χ1n) is 6.94. The summed E-state index contributed by atoms with van der Waals surface area (Å²) < 4.78 is 0. The van der Waals surface area contributed by atoms with Gasteiger partial charge in [-0.1, -0.05) is 33.0 Å². The van der Waals surface area contributed by atoms with E-state index in [-0.39, 0.29) is 5.41 Å². The predicted molar refractivity (Wildman–Crippen MR) is 79.3 cm³/mol. The van der Waals surface area contributed by atoms with E-state index in [4.69, 9.17) is 18.0 Å². The molecule has 1 aliphatic heterocycles. The molecule has 100 valence electrons. The average Bonchev–Trinajstić information content (AvgIpc) is 2.59. The molecule has 2 unspecified atom stereocenters. The van der Waals surface area contributed by atoms with Crippen molar-refractivity contribution in [1.82, 2.24) is 4.90 Å². The van der Waals surface area contributed by atoms with Gasteiger partial charge in [-0.05, 0) is 45.6 Å². The maximum atomic E-state index is 5.76. The summed E-state index contributed by atoms with van der Waals surface area (Å²) in [7, 11) is 0. The molecule has 1 fully saturated rings. The number of nitrogens with two attached hydrogens (primary N) is 1. The highest BCUT2D eigenvalue weighted by molar-refractivity contribution is 7.80. The van der Waals surface area contributed by atoms with E-state index in [9.17, 15) is 0 Å². The van der Waals surface area contributed by atoms with Gasteiger partial charge in [-0.2, -0.15) is 0 Å². The monoisotopic (exact) mass is 256 g/mol. The predicted octanol–water partition coefficient (Wildman–Crippen LogP) is 3.34. The lowest BCUT2D eigenvalue weighted by Crippen LogP contribution is -2.36. The number of hydrogen-bond acceptors (Lipinski definition) is 2. The van der Waals surface area contributed by atoms with Gasteiger partial charge < -0.3 is 5.73 Å². The Kier molecular flexibility index (Phi) is 5.39. The van der Waals surface area contributed by atoms with Crippen molar-refractivity contribution in [2.45, 2.75) is 71.9 Å². The summed E-state index contributed by atoms with van der Waals surface area (Å²) in [6, 6.07) is 1.56. The fraction of sp³-hybridized carbons (Fsp3) is 0.929. The van der Waals surface area contributed by atoms with E-state index >= 15 is 0 Å². The van der Waals surface area contributed by atoms with E-state index in [2.05, 4.69) is 32.6 Å². The van der Waals surface area contributed by atoms with Gasteiger partial charge in [-0.25, -0.2) is 0 Å². The van der Waals surface area contributed by atoms with Crippen LogP contribution in [0, 0.1) is 5.41 Å². The third-order valence-corrected chi connectivity index (χ3v) is 4.86. The van der Waals surface area contributed by atoms with Crippen molar-refractivity contribution < 1.29 is 0 Å². The zero-order valence-corrected chi connectivity index (χ0v) is 12.6. The molecule has 0 spiro atoms. The first-order chi connectivity index (χ1) is 7.88. The molecule has 1 heterocycles. The van der Waals surface area contributed by atoms with Gasteiger partial charge in [-0.3, -0.25) is 4.90 Å². The summed E-state index contributed by atoms with van der Waals surface area (Å²) in [6.45, 7) is 10.2. The Morgan fingerprint density at radius 1 is 1.41 bits per heavy atom. The summed E-state index contributed by atoms with van der Waals surface area (Å²) in [6.07, 6.45) is 6.31. The van der Waals surface area contributed by atoms with Crippen LogP contribution in [-0.2, 0) is 0 Å². The van der Waals surface area contributed by atoms with E-state index in [0.717, 1.165) is 18.5 Å². The van der Waals surface area contributed by atoms with Crippen LogP contribution >= 0.6 is 12.2 Å². The Labute approximate surface area is 112 Å². The van der Waals surface area contributed by atoms with Crippen molar-refractivity contribution in [3.8, 4) is 0 Å². The summed E-state index contributed by atoms with van der Waals surface area (Å²) in [5.41, 5.74) is 5.78. The molecule has 0 bridgehead atoms. The molecule has 0 aromatic rings. The lowest BCUT2D eigenvalue weighted by Gasteiger charge is -2.30. The molecule has 1 rings (SSSR count). The Bertz CT molecular complexity index is 263. The average molecular weight is 256 g/mol. The topological polar surface area (TPSA) is 29.3 Å². The van der Waals surface area contributed by atoms with Gasteiger partial charge in [0.15, 0.2) is 0 Å². The SMILES string of the molecule is CCC1CCC(C)N1CCCC(C)(C)C(N)=S. The summed E-state index contributed by atoms with van der Waals surface area (Å²) in [4.78, 5) is 3.33. The number of hydrogen-bond donors (Lipinski definition) is 1. The van der Waals surface area contributed by atoms with Crippen molar-refractivity contribution in [2.24, 2.45) is 11.1 Å². The highest BCUT2D eigenvalue weighted by Gasteiger charge is 2.29. The van der Waals surface area contributed by atoms with Crippen LogP contribution in [0.3, 0.4) is 0 Å². The minimum atomic E-state index is 0.0139. The minimum absolute atomic E-state index is 0.0139. The lowest BCUT2D eigenvalue weighted by atomic mass is 9.88. The van der Waals surface area contributed by atoms with Gasteiger partial charge in [0, 0.05) is 17.5 Å². The van der Waals surface area contributed by atoms with Gasteiger partial charge in [-0.15, -0.1) is 0 Å². The van der Waals surface area contributed by atoms with E-state index in [0.29, 0.717) is 4.99 Å². The standard InChI is InChI=1S/C14H28N2S/c1-5-12-8-7-11(2)16(12)10-6-9-14(3,4)13(15)17/h11-12H,5-10H2,1-4H3,(H2,15,17). The van der Waals surface area contributed by atoms with Gasteiger partial charge >= 0.3 is 0 Å². The van der Waals surface area contributed by atoms with Crippen LogP contribution < -0.4 is 5.73 Å². The molecule has 0 aliphatic carbocycles. The second-order valence-electron chi connectivity index (χ2n) is 6.08. The molecule has 0 aromatic heterocycles. The summed E-state index contributed by atoms with van der Waals surface area (Å²) >= 11 is 5.11. The maximum Gasteiger partial charge on any atom is 0.0784 e. The van der Waals surface area contributed by atoms with E-state index in [1.807, 2.05) is 0 Å². The van der Waals surface area contributed by atoms with Crippen LogP contribution in [0.15, 0.2) is 0 Å². The molecule has 0 aromatic carbocycles. The van der Waals surface area contributed by atoms with Crippen molar-refractivity contribution in [3.63, 3.8) is 0 Å². The fourth-order valence-electron chi connectivity index (χ4n) is 2.79. The van der Waals surface area contributed by atoms with Crippen LogP contribution in [0.5, 0.6) is 0 Å². The third kappa shape index (κ3) is 3.92. The molecule has 17 heavy (non-hydrogen) atoms. The molecule has 0 saturated carbocycles. The molecule has 1 aliphatic rings. The first-order valence-corrected chi connectivity index (χ1v) is 7.35. The summed E-state index contributed by atoms with van der Waals surface area (Å²) in [5.74, 6) is 0. The van der Waals surface area contributed by atoms with Crippen LogP contribution in [0.25, 0.3) is 0 Å². The molecule has 0 amide bonds. The van der Waals surface area contributed by atoms with E-state index in [1.165, 1.54) is 32.2 Å². The Hall–Kier alpha value is -0.150. The quantitative estimate of drug-likeness (QED) is 0.739. The highest BCUT2D eigenvalue weighted by Crippen LogP contribution is 2.28. The second-order valence-corrected chi connectivity index (χ2v) is 6.52. The van der Waals surface area contributed by atoms with Crippen molar-refractivity contribution >= 4 is 17.2 Å². The van der Waals surface area contributed by atoms with Crippen molar-refractivity contribution in [1.29, 1.82) is 0 Å². The third-order valence-electron chi connectivity index (χ3n) is 4.31. The highest BCUT2D eigenvalue weighted by atomic mass is 32.1. The van der Waals surface area contributed by atoms with Crippen LogP contribution in [-0.4, -0.2) is 28.5 Å². The first kappa shape index (κ1) is 14.9. The molecular weight excluding hydrogens is 228 g/mol. The molecule has 2 nitrogen and oxygen atoms in total. The number of likely N-dealkylation sites (tertiary alicyclic amines) is 1. The second kappa shape index (κ2) is 6.14. The maximum absolute atomic E-state index is 5.76. The van der Waals surface area contributed by atoms with Crippen molar-refractivity contribution in [2.75, 3.05) is 6.54 Å². The minimum Gasteiger partial charge on any atom is -0.393 e. The fourth-order valence-corrected chi connectivity index (χ4v) is 2.90. The molecular formula is C14H28N2S. The smallest absolute Gasteiger partial charge is 0.0784 e. The molecule has 0 radical (unpaired) electrons. The van der Waals surface area contributed by atoms with E-state index < -0.39 is 0 Å². The lowest BCUT2D eigenvalue weighted by molar-refractivity contribution is 0.189. The molecule has 2 N–H and O–H groups in total. The Morgan fingerprint density at radius 2 is 2.06 bits per heavy atom. The molecule has 2 atom stereocenters.